The lowest BCUT2D eigenvalue weighted by Gasteiger charge is -2.13. The first-order valence-corrected chi connectivity index (χ1v) is 8.64. The highest BCUT2D eigenvalue weighted by Gasteiger charge is 2.15. The van der Waals surface area contributed by atoms with Gasteiger partial charge in [0, 0.05) is 29.2 Å². The van der Waals surface area contributed by atoms with Crippen molar-refractivity contribution in [2.75, 3.05) is 6.54 Å². The van der Waals surface area contributed by atoms with Crippen LogP contribution in [-0.4, -0.2) is 22.5 Å². The average molecular weight is 336 g/mol. The van der Waals surface area contributed by atoms with Crippen LogP contribution in [0.4, 0.5) is 0 Å². The second-order valence-electron chi connectivity index (χ2n) is 6.75. The zero-order chi connectivity index (χ0) is 18.0. The maximum atomic E-state index is 12.5. The van der Waals surface area contributed by atoms with E-state index in [1.165, 1.54) is 10.9 Å². The fraction of sp³-hybridized carbons (Fsp3) is 0.286. The molecule has 25 heavy (non-hydrogen) atoms. The van der Waals surface area contributed by atoms with Crippen LogP contribution in [0.2, 0.25) is 0 Å². The van der Waals surface area contributed by atoms with E-state index in [4.69, 9.17) is 0 Å². The van der Waals surface area contributed by atoms with E-state index < -0.39 is 0 Å². The highest BCUT2D eigenvalue weighted by atomic mass is 16.3. The number of H-pyrrole nitrogens is 1. The Morgan fingerprint density at radius 3 is 2.76 bits per heavy atom. The van der Waals surface area contributed by atoms with Gasteiger partial charge in [0.15, 0.2) is 0 Å². The number of phenolic OH excluding ortho intramolecular Hbond substituents is 1. The van der Waals surface area contributed by atoms with Crippen LogP contribution in [0.25, 0.3) is 10.9 Å². The van der Waals surface area contributed by atoms with Gasteiger partial charge in [0.25, 0.3) is 5.91 Å². The van der Waals surface area contributed by atoms with Crippen molar-refractivity contribution >= 4 is 16.8 Å². The number of aromatic hydroxyl groups is 1. The lowest BCUT2D eigenvalue weighted by molar-refractivity contribution is 0.0953. The van der Waals surface area contributed by atoms with Crippen LogP contribution < -0.4 is 5.32 Å². The summed E-state index contributed by atoms with van der Waals surface area (Å²) in [4.78, 5) is 15.8. The molecule has 0 atom stereocenters. The molecule has 4 heteroatoms. The maximum absolute atomic E-state index is 12.5. The number of aromatic nitrogens is 1. The second kappa shape index (κ2) is 7.01. The standard InChI is InChI=1S/C21H24N2O2/c1-13(2)17-11-18(14(3)10-20(17)24)21(25)22-9-8-15-12-23-19-7-5-4-6-16(15)19/h4-7,10-13,23-24H,8-9H2,1-3H3,(H,22,25). The number of carbonyl (C=O) groups excluding carboxylic acids is 1. The third-order valence-electron chi connectivity index (χ3n) is 4.60. The number of amides is 1. The Morgan fingerprint density at radius 2 is 2.00 bits per heavy atom. The quantitative estimate of drug-likeness (QED) is 0.651. The number of benzene rings is 2. The molecule has 0 unspecified atom stereocenters. The molecule has 0 spiro atoms. The summed E-state index contributed by atoms with van der Waals surface area (Å²) >= 11 is 0. The van der Waals surface area contributed by atoms with E-state index in [1.54, 1.807) is 12.1 Å². The number of hydrogen-bond donors (Lipinski definition) is 3. The van der Waals surface area contributed by atoms with E-state index in [0.717, 1.165) is 23.1 Å². The van der Waals surface area contributed by atoms with Gasteiger partial charge in [-0.1, -0.05) is 32.0 Å². The third-order valence-corrected chi connectivity index (χ3v) is 4.60. The number of carbonyl (C=O) groups is 1. The molecule has 0 saturated heterocycles. The summed E-state index contributed by atoms with van der Waals surface area (Å²) in [5.41, 5.74) is 4.51. The van der Waals surface area contributed by atoms with Crippen molar-refractivity contribution in [1.82, 2.24) is 10.3 Å². The van der Waals surface area contributed by atoms with Gasteiger partial charge in [-0.15, -0.1) is 0 Å². The molecule has 0 aliphatic heterocycles. The summed E-state index contributed by atoms with van der Waals surface area (Å²) < 4.78 is 0. The number of para-hydroxylation sites is 1. The first kappa shape index (κ1) is 17.1. The summed E-state index contributed by atoms with van der Waals surface area (Å²) in [6, 6.07) is 11.6. The average Bonchev–Trinajstić information content (AvgIpc) is 2.98. The summed E-state index contributed by atoms with van der Waals surface area (Å²) in [5.74, 6) is 0.320. The minimum absolute atomic E-state index is 0.0979. The monoisotopic (exact) mass is 336 g/mol. The summed E-state index contributed by atoms with van der Waals surface area (Å²) in [6.45, 7) is 6.42. The summed E-state index contributed by atoms with van der Waals surface area (Å²) in [6.07, 6.45) is 2.77. The highest BCUT2D eigenvalue weighted by Crippen LogP contribution is 2.28. The number of rotatable bonds is 5. The Labute approximate surface area is 147 Å². The Morgan fingerprint density at radius 1 is 1.24 bits per heavy atom. The molecular weight excluding hydrogens is 312 g/mol. The first-order valence-electron chi connectivity index (χ1n) is 8.64. The third kappa shape index (κ3) is 3.53. The number of aryl methyl sites for hydroxylation is 1. The van der Waals surface area contributed by atoms with Crippen molar-refractivity contribution in [3.8, 4) is 5.75 Å². The molecule has 1 amide bonds. The predicted molar refractivity (Wildman–Crippen MR) is 101 cm³/mol. The van der Waals surface area contributed by atoms with Crippen LogP contribution in [0.15, 0.2) is 42.6 Å². The fourth-order valence-corrected chi connectivity index (χ4v) is 3.16. The topological polar surface area (TPSA) is 65.1 Å². The van der Waals surface area contributed by atoms with Crippen LogP contribution in [0.3, 0.4) is 0 Å². The van der Waals surface area contributed by atoms with Crippen LogP contribution in [0.1, 0.15) is 46.8 Å². The zero-order valence-corrected chi connectivity index (χ0v) is 14.9. The molecular formula is C21H24N2O2. The van der Waals surface area contributed by atoms with E-state index in [2.05, 4.69) is 16.4 Å². The Kier molecular flexibility index (Phi) is 4.79. The molecule has 3 N–H and O–H groups in total. The van der Waals surface area contributed by atoms with Gasteiger partial charge < -0.3 is 15.4 Å². The maximum Gasteiger partial charge on any atom is 0.251 e. The van der Waals surface area contributed by atoms with E-state index >= 15 is 0 Å². The molecule has 0 saturated carbocycles. The van der Waals surface area contributed by atoms with Gasteiger partial charge in [0.1, 0.15) is 5.75 Å². The van der Waals surface area contributed by atoms with Crippen LogP contribution in [-0.2, 0) is 6.42 Å². The normalized spacial score (nSPS) is 11.2. The molecule has 2 aromatic carbocycles. The Balaban J connectivity index is 1.70. The first-order chi connectivity index (χ1) is 12.0. The van der Waals surface area contributed by atoms with Crippen molar-refractivity contribution in [2.24, 2.45) is 0 Å². The molecule has 130 valence electrons. The molecule has 1 heterocycles. The largest absolute Gasteiger partial charge is 0.508 e. The lowest BCUT2D eigenvalue weighted by Crippen LogP contribution is -2.26. The smallest absolute Gasteiger partial charge is 0.251 e. The Hall–Kier alpha value is -2.75. The number of aromatic amines is 1. The molecule has 0 aliphatic rings. The summed E-state index contributed by atoms with van der Waals surface area (Å²) in [5, 5.41) is 14.2. The van der Waals surface area contributed by atoms with E-state index in [-0.39, 0.29) is 17.6 Å². The highest BCUT2D eigenvalue weighted by molar-refractivity contribution is 5.96. The van der Waals surface area contributed by atoms with Gasteiger partial charge in [-0.2, -0.15) is 0 Å². The predicted octanol–water partition coefficient (Wildman–Crippen LogP) is 4.28. The molecule has 0 aliphatic carbocycles. The zero-order valence-electron chi connectivity index (χ0n) is 14.9. The van der Waals surface area contributed by atoms with Crippen LogP contribution in [0, 0.1) is 6.92 Å². The van der Waals surface area contributed by atoms with E-state index in [0.29, 0.717) is 12.1 Å². The van der Waals surface area contributed by atoms with E-state index in [1.807, 2.05) is 45.2 Å². The molecule has 4 nitrogen and oxygen atoms in total. The molecule has 3 rings (SSSR count). The van der Waals surface area contributed by atoms with E-state index in [9.17, 15) is 9.90 Å². The van der Waals surface area contributed by atoms with Gasteiger partial charge in [-0.25, -0.2) is 0 Å². The Bertz CT molecular complexity index is 909. The van der Waals surface area contributed by atoms with Crippen molar-refractivity contribution in [3.05, 3.63) is 64.8 Å². The van der Waals surface area contributed by atoms with Crippen LogP contribution in [0.5, 0.6) is 5.75 Å². The number of nitrogens with one attached hydrogen (secondary N) is 2. The van der Waals surface area contributed by atoms with Gasteiger partial charge in [0.2, 0.25) is 0 Å². The molecule has 0 fully saturated rings. The number of hydrogen-bond acceptors (Lipinski definition) is 2. The van der Waals surface area contributed by atoms with Crippen molar-refractivity contribution in [2.45, 2.75) is 33.1 Å². The van der Waals surface area contributed by atoms with Gasteiger partial charge in [-0.05, 0) is 54.2 Å². The molecule has 0 bridgehead atoms. The van der Waals surface area contributed by atoms with Gasteiger partial charge in [0.05, 0.1) is 0 Å². The van der Waals surface area contributed by atoms with Gasteiger partial charge in [-0.3, -0.25) is 4.79 Å². The van der Waals surface area contributed by atoms with Crippen molar-refractivity contribution < 1.29 is 9.90 Å². The number of fused-ring (bicyclic) bond motifs is 1. The van der Waals surface area contributed by atoms with Crippen molar-refractivity contribution in [3.63, 3.8) is 0 Å². The van der Waals surface area contributed by atoms with Gasteiger partial charge >= 0.3 is 0 Å². The number of phenols is 1. The molecule has 0 radical (unpaired) electrons. The molecule has 1 aromatic heterocycles. The molecule has 3 aromatic rings. The SMILES string of the molecule is Cc1cc(O)c(C(C)C)cc1C(=O)NCCc1c[nH]c2ccccc12. The minimum Gasteiger partial charge on any atom is -0.508 e. The fourth-order valence-electron chi connectivity index (χ4n) is 3.16. The van der Waals surface area contributed by atoms with Crippen molar-refractivity contribution in [1.29, 1.82) is 0 Å². The second-order valence-corrected chi connectivity index (χ2v) is 6.75. The lowest BCUT2D eigenvalue weighted by atomic mass is 9.96. The van der Waals surface area contributed by atoms with Crippen LogP contribution >= 0.6 is 0 Å². The summed E-state index contributed by atoms with van der Waals surface area (Å²) in [7, 11) is 0. The minimum atomic E-state index is -0.0979.